The van der Waals surface area contributed by atoms with Gasteiger partial charge in [0, 0.05) is 41.8 Å². The molecule has 2 aromatic carbocycles. The van der Waals surface area contributed by atoms with E-state index in [1.54, 1.807) is 6.20 Å². The second-order valence-corrected chi connectivity index (χ2v) is 9.50. The maximum Gasteiger partial charge on any atom is 0.253 e. The first-order valence-electron chi connectivity index (χ1n) is 10.5. The van der Waals surface area contributed by atoms with Crippen LogP contribution in [0.1, 0.15) is 52.6 Å². The largest absolute Gasteiger partial charge is 0.348 e. The maximum absolute atomic E-state index is 12.7. The molecule has 1 atom stereocenters. The highest BCUT2D eigenvalue weighted by Gasteiger charge is 2.28. The number of thioether (sulfide) groups is 1. The van der Waals surface area contributed by atoms with Gasteiger partial charge in [0.05, 0.1) is 11.3 Å². The van der Waals surface area contributed by atoms with Gasteiger partial charge >= 0.3 is 0 Å². The number of halogens is 1. The van der Waals surface area contributed by atoms with E-state index in [2.05, 4.69) is 65.4 Å². The minimum atomic E-state index is -0.0920. The van der Waals surface area contributed by atoms with E-state index in [-0.39, 0.29) is 11.9 Å². The lowest BCUT2D eigenvalue weighted by molar-refractivity contribution is 0.0950. The summed E-state index contributed by atoms with van der Waals surface area (Å²) >= 11 is 7.81. The maximum atomic E-state index is 12.7. The molecule has 1 N–H and O–H groups in total. The number of benzene rings is 2. The molecule has 160 valence electrons. The number of aromatic nitrogens is 1. The van der Waals surface area contributed by atoms with Gasteiger partial charge in [0.25, 0.3) is 5.91 Å². The summed E-state index contributed by atoms with van der Waals surface area (Å²) in [5.41, 5.74) is 5.08. The van der Waals surface area contributed by atoms with Gasteiger partial charge in [-0.2, -0.15) is 0 Å². The fourth-order valence-corrected chi connectivity index (χ4v) is 4.61. The molecule has 0 fully saturated rings. The van der Waals surface area contributed by atoms with Gasteiger partial charge in [-0.15, -0.1) is 11.8 Å². The first-order valence-corrected chi connectivity index (χ1v) is 11.9. The summed E-state index contributed by atoms with van der Waals surface area (Å²) in [6, 6.07) is 18.5. The zero-order valence-corrected chi connectivity index (χ0v) is 19.3. The quantitative estimate of drug-likeness (QED) is 0.457. The van der Waals surface area contributed by atoms with Gasteiger partial charge in [-0.25, -0.2) is 0 Å². The van der Waals surface area contributed by atoms with E-state index < -0.39 is 0 Å². The highest BCUT2D eigenvalue weighted by atomic mass is 35.5. The van der Waals surface area contributed by atoms with E-state index in [9.17, 15) is 4.79 Å². The highest BCUT2D eigenvalue weighted by Crippen LogP contribution is 2.34. The van der Waals surface area contributed by atoms with Crippen LogP contribution < -0.4 is 5.32 Å². The minimum absolute atomic E-state index is 0.0920. The van der Waals surface area contributed by atoms with Crippen LogP contribution in [0.25, 0.3) is 0 Å². The van der Waals surface area contributed by atoms with Gasteiger partial charge < -0.3 is 5.32 Å². The zero-order valence-electron chi connectivity index (χ0n) is 17.8. The molecule has 1 amide bonds. The lowest BCUT2D eigenvalue weighted by atomic mass is 10.1. The van der Waals surface area contributed by atoms with Crippen molar-refractivity contribution in [1.82, 2.24) is 15.2 Å². The van der Waals surface area contributed by atoms with Gasteiger partial charge in [0.15, 0.2) is 0 Å². The average molecular weight is 452 g/mol. The number of nitrogens with one attached hydrogen (secondary N) is 1. The number of rotatable bonds is 7. The fourth-order valence-electron chi connectivity index (χ4n) is 3.83. The molecule has 6 heteroatoms. The van der Waals surface area contributed by atoms with Crippen molar-refractivity contribution in [2.75, 3.05) is 5.75 Å². The summed E-state index contributed by atoms with van der Waals surface area (Å²) in [7, 11) is 0. The lowest BCUT2D eigenvalue weighted by Crippen LogP contribution is -2.23. The van der Waals surface area contributed by atoms with Crippen LogP contribution in [0.5, 0.6) is 0 Å². The van der Waals surface area contributed by atoms with E-state index in [0.717, 1.165) is 40.7 Å². The van der Waals surface area contributed by atoms with Crippen molar-refractivity contribution >= 4 is 29.3 Å². The van der Waals surface area contributed by atoms with Crippen LogP contribution in [0.2, 0.25) is 5.02 Å². The Morgan fingerprint density at radius 3 is 2.58 bits per heavy atom. The van der Waals surface area contributed by atoms with Crippen LogP contribution in [-0.2, 0) is 19.6 Å². The molecule has 1 aliphatic rings. The molecule has 1 aliphatic heterocycles. The molecule has 3 aromatic rings. The Hall–Kier alpha value is -2.34. The van der Waals surface area contributed by atoms with E-state index in [4.69, 9.17) is 11.6 Å². The molecule has 0 aliphatic carbocycles. The van der Waals surface area contributed by atoms with E-state index in [0.29, 0.717) is 12.1 Å². The summed E-state index contributed by atoms with van der Waals surface area (Å²) < 4.78 is 0. The number of amides is 1. The van der Waals surface area contributed by atoms with Crippen molar-refractivity contribution in [3.63, 3.8) is 0 Å². The summed E-state index contributed by atoms with van der Waals surface area (Å²) in [6.07, 6.45) is 1.69. The van der Waals surface area contributed by atoms with Crippen molar-refractivity contribution in [3.8, 4) is 0 Å². The van der Waals surface area contributed by atoms with Gasteiger partial charge in [-0.3, -0.25) is 14.7 Å². The Bertz CT molecular complexity index is 1050. The molecule has 1 unspecified atom stereocenters. The third kappa shape index (κ3) is 5.29. The number of pyridine rings is 1. The van der Waals surface area contributed by atoms with Crippen molar-refractivity contribution < 1.29 is 4.79 Å². The van der Waals surface area contributed by atoms with Crippen molar-refractivity contribution in [2.24, 2.45) is 0 Å². The molecule has 0 spiro atoms. The van der Waals surface area contributed by atoms with Crippen LogP contribution >= 0.6 is 23.4 Å². The number of nitrogens with zero attached hydrogens (tertiary/aromatic N) is 2. The summed E-state index contributed by atoms with van der Waals surface area (Å²) in [4.78, 5) is 20.9. The van der Waals surface area contributed by atoms with Crippen LogP contribution in [0.3, 0.4) is 0 Å². The number of hydrogen-bond acceptors (Lipinski definition) is 4. The van der Waals surface area contributed by atoms with Gasteiger partial charge in [-0.1, -0.05) is 42.8 Å². The van der Waals surface area contributed by atoms with Crippen LogP contribution in [0.4, 0.5) is 0 Å². The van der Waals surface area contributed by atoms with E-state index >= 15 is 0 Å². The smallest absolute Gasteiger partial charge is 0.253 e. The zero-order chi connectivity index (χ0) is 21.8. The SMILES string of the molecule is CCSc1ccc(CNC(=O)c2cnc3c(c2)C(C)N(Cc2ccc(Cl)cc2)C3)cc1. The Balaban J connectivity index is 1.39. The van der Waals surface area contributed by atoms with Gasteiger partial charge in [-0.05, 0) is 59.7 Å². The average Bonchev–Trinajstić information content (AvgIpc) is 3.09. The number of hydrogen-bond donors (Lipinski definition) is 1. The normalized spacial score (nSPS) is 15.6. The van der Waals surface area contributed by atoms with Crippen molar-refractivity contribution in [1.29, 1.82) is 0 Å². The highest BCUT2D eigenvalue weighted by molar-refractivity contribution is 7.99. The predicted molar refractivity (Wildman–Crippen MR) is 127 cm³/mol. The number of carbonyl (C=O) groups excluding carboxylic acids is 1. The predicted octanol–water partition coefficient (Wildman–Crippen LogP) is 5.85. The van der Waals surface area contributed by atoms with E-state index in [1.807, 2.05) is 30.0 Å². The molecular weight excluding hydrogens is 426 g/mol. The van der Waals surface area contributed by atoms with Crippen LogP contribution in [0, 0.1) is 0 Å². The van der Waals surface area contributed by atoms with Gasteiger partial charge in [0.1, 0.15) is 0 Å². The van der Waals surface area contributed by atoms with Crippen LogP contribution in [0.15, 0.2) is 65.7 Å². The molecule has 4 rings (SSSR count). The standard InChI is InChI=1S/C25H26ClN3OS/c1-3-31-22-10-6-18(7-11-22)13-28-25(30)20-12-23-17(2)29(16-24(23)27-14-20)15-19-4-8-21(26)9-5-19/h4-12,14,17H,3,13,15-16H2,1-2H3,(H,28,30). The molecular formula is C25H26ClN3OS. The molecule has 0 bridgehead atoms. The first kappa shape index (κ1) is 21.9. The molecule has 31 heavy (non-hydrogen) atoms. The summed E-state index contributed by atoms with van der Waals surface area (Å²) in [5, 5.41) is 3.76. The second-order valence-electron chi connectivity index (χ2n) is 7.73. The van der Waals surface area contributed by atoms with E-state index in [1.165, 1.54) is 10.5 Å². The monoisotopic (exact) mass is 451 g/mol. The third-order valence-corrected chi connectivity index (χ3v) is 6.75. The Labute approximate surface area is 193 Å². The minimum Gasteiger partial charge on any atom is -0.348 e. The number of carbonyl (C=O) groups is 1. The fraction of sp³-hybridized carbons (Fsp3) is 0.280. The molecule has 0 saturated heterocycles. The topological polar surface area (TPSA) is 45.2 Å². The van der Waals surface area contributed by atoms with Crippen molar-refractivity contribution in [3.05, 3.63) is 93.8 Å². The second kappa shape index (κ2) is 9.86. The molecule has 0 saturated carbocycles. The third-order valence-electron chi connectivity index (χ3n) is 5.60. The van der Waals surface area contributed by atoms with Crippen LogP contribution in [-0.4, -0.2) is 21.5 Å². The molecule has 0 radical (unpaired) electrons. The summed E-state index contributed by atoms with van der Waals surface area (Å²) in [6.45, 7) is 6.42. The number of fused-ring (bicyclic) bond motifs is 1. The summed E-state index contributed by atoms with van der Waals surface area (Å²) in [5.74, 6) is 0.961. The molecule has 4 nitrogen and oxygen atoms in total. The Morgan fingerprint density at radius 1 is 1.16 bits per heavy atom. The Morgan fingerprint density at radius 2 is 1.87 bits per heavy atom. The molecule has 1 aromatic heterocycles. The molecule has 2 heterocycles. The first-order chi connectivity index (χ1) is 15.0. The van der Waals surface area contributed by atoms with Crippen molar-refractivity contribution in [2.45, 2.75) is 44.4 Å². The Kier molecular flexibility index (Phi) is 6.96. The lowest BCUT2D eigenvalue weighted by Gasteiger charge is -2.21. The van der Waals surface area contributed by atoms with Gasteiger partial charge in [0.2, 0.25) is 0 Å².